The number of anilines is 1. The van der Waals surface area contributed by atoms with Gasteiger partial charge < -0.3 is 24.4 Å². The van der Waals surface area contributed by atoms with E-state index in [-0.39, 0.29) is 11.8 Å². The van der Waals surface area contributed by atoms with Gasteiger partial charge >= 0.3 is 5.97 Å². The van der Waals surface area contributed by atoms with E-state index in [2.05, 4.69) is 36.1 Å². The molecule has 2 bridgehead atoms. The predicted molar refractivity (Wildman–Crippen MR) is 153 cm³/mol. The molecule has 0 aromatic heterocycles. The number of hydrogen-bond donors (Lipinski definition) is 1. The molecule has 2 aromatic carbocycles. The molecule has 2 aromatic rings. The van der Waals surface area contributed by atoms with Gasteiger partial charge in [-0.2, -0.15) is 0 Å². The Kier molecular flexibility index (Phi) is 9.57. The van der Waals surface area contributed by atoms with Crippen LogP contribution in [-0.4, -0.2) is 62.3 Å². The first-order chi connectivity index (χ1) is 18.8. The molecule has 0 saturated carbocycles. The zero-order valence-electron chi connectivity index (χ0n) is 23.1. The first-order valence-electron chi connectivity index (χ1n) is 13.8. The number of methoxy groups -OCH3 is 1. The second kappa shape index (κ2) is 12.9. The van der Waals surface area contributed by atoms with E-state index in [1.54, 1.807) is 30.1 Å². The van der Waals surface area contributed by atoms with Crippen LogP contribution in [0, 0.1) is 0 Å². The van der Waals surface area contributed by atoms with Gasteiger partial charge in [-0.3, -0.25) is 4.79 Å². The van der Waals surface area contributed by atoms with Crippen molar-refractivity contribution < 1.29 is 24.2 Å². The molecule has 1 unspecified atom stereocenters. The lowest BCUT2D eigenvalue weighted by Crippen LogP contribution is -2.42. The Morgan fingerprint density at radius 3 is 2.74 bits per heavy atom. The van der Waals surface area contributed by atoms with Crippen LogP contribution >= 0.6 is 11.6 Å². The number of ether oxygens (including phenoxy) is 2. The molecule has 7 nitrogen and oxygen atoms in total. The van der Waals surface area contributed by atoms with Gasteiger partial charge in [0.05, 0.1) is 25.8 Å². The zero-order chi connectivity index (χ0) is 28.0. The van der Waals surface area contributed by atoms with E-state index in [1.165, 1.54) is 18.2 Å². The molecule has 2 heterocycles. The van der Waals surface area contributed by atoms with Crippen LogP contribution in [0.3, 0.4) is 0 Å². The molecule has 8 heteroatoms. The zero-order valence-corrected chi connectivity index (χ0v) is 23.9. The van der Waals surface area contributed by atoms with Gasteiger partial charge in [0.25, 0.3) is 0 Å². The summed E-state index contributed by atoms with van der Waals surface area (Å²) in [7, 11) is 2.90. The molecule has 1 amide bonds. The van der Waals surface area contributed by atoms with Crippen LogP contribution in [-0.2, 0) is 26.3 Å². The SMILES string of the molecule is CCCc1cc(Cl)ccc1C1COc2ccc3cc2N(CCC/C=C/CCN(C)C(=O)C[C@@]3(O)C(=O)OC)C1. The van der Waals surface area contributed by atoms with Gasteiger partial charge in [-0.05, 0) is 66.6 Å². The highest BCUT2D eigenvalue weighted by Crippen LogP contribution is 2.40. The van der Waals surface area contributed by atoms with Gasteiger partial charge in [0, 0.05) is 37.6 Å². The molecule has 0 fully saturated rings. The van der Waals surface area contributed by atoms with Gasteiger partial charge in [-0.15, -0.1) is 0 Å². The third kappa shape index (κ3) is 6.59. The quantitative estimate of drug-likeness (QED) is 0.412. The Morgan fingerprint density at radius 2 is 1.97 bits per heavy atom. The van der Waals surface area contributed by atoms with E-state index in [0.717, 1.165) is 42.9 Å². The van der Waals surface area contributed by atoms with E-state index < -0.39 is 18.0 Å². The summed E-state index contributed by atoms with van der Waals surface area (Å²) in [5.74, 6) is -0.409. The molecule has 2 aliphatic heterocycles. The van der Waals surface area contributed by atoms with Crippen LogP contribution in [0.5, 0.6) is 5.75 Å². The number of hydrogen-bond acceptors (Lipinski definition) is 6. The molecular weight excluding hydrogens is 516 g/mol. The summed E-state index contributed by atoms with van der Waals surface area (Å²) in [6.45, 7) is 4.63. The maximum atomic E-state index is 13.0. The number of fused-ring (bicyclic) bond motifs is 1. The maximum absolute atomic E-state index is 13.0. The van der Waals surface area contributed by atoms with Crippen molar-refractivity contribution in [1.82, 2.24) is 4.90 Å². The van der Waals surface area contributed by atoms with Crippen molar-refractivity contribution in [2.24, 2.45) is 0 Å². The molecule has 0 aliphatic carbocycles. The van der Waals surface area contributed by atoms with Crippen LogP contribution in [0.15, 0.2) is 48.6 Å². The smallest absolute Gasteiger partial charge is 0.343 e. The minimum atomic E-state index is -2.12. The van der Waals surface area contributed by atoms with E-state index >= 15 is 0 Å². The third-order valence-corrected chi connectivity index (χ3v) is 7.91. The van der Waals surface area contributed by atoms with Gasteiger partial charge in [-0.25, -0.2) is 4.79 Å². The maximum Gasteiger partial charge on any atom is 0.343 e. The van der Waals surface area contributed by atoms with Crippen LogP contribution in [0.1, 0.15) is 61.6 Å². The number of carbonyl (C=O) groups excluding carboxylic acids is 2. The molecule has 0 saturated heterocycles. The van der Waals surface area contributed by atoms with Crippen LogP contribution < -0.4 is 9.64 Å². The van der Waals surface area contributed by atoms with Crippen LogP contribution in [0.25, 0.3) is 0 Å². The van der Waals surface area contributed by atoms with Gasteiger partial charge in [-0.1, -0.05) is 49.2 Å². The van der Waals surface area contributed by atoms with Crippen molar-refractivity contribution in [1.29, 1.82) is 0 Å². The predicted octanol–water partition coefficient (Wildman–Crippen LogP) is 5.22. The number of esters is 1. The first-order valence-corrected chi connectivity index (χ1v) is 14.1. The van der Waals surface area contributed by atoms with E-state index in [4.69, 9.17) is 21.1 Å². The number of aryl methyl sites for hydroxylation is 1. The highest BCUT2D eigenvalue weighted by Gasteiger charge is 2.43. The average molecular weight is 555 g/mol. The molecule has 2 aliphatic rings. The summed E-state index contributed by atoms with van der Waals surface area (Å²) < 4.78 is 11.3. The monoisotopic (exact) mass is 554 g/mol. The fourth-order valence-corrected chi connectivity index (χ4v) is 5.65. The summed E-state index contributed by atoms with van der Waals surface area (Å²) in [4.78, 5) is 29.8. The number of carbonyl (C=O) groups is 2. The molecule has 1 N–H and O–H groups in total. The van der Waals surface area contributed by atoms with Crippen molar-refractivity contribution in [3.63, 3.8) is 0 Å². The molecule has 2 atom stereocenters. The van der Waals surface area contributed by atoms with Crippen molar-refractivity contribution >= 4 is 29.2 Å². The number of aliphatic hydroxyl groups is 1. The Balaban J connectivity index is 1.77. The highest BCUT2D eigenvalue weighted by molar-refractivity contribution is 6.30. The molecular formula is C31H39ClN2O5. The number of halogens is 1. The minimum Gasteiger partial charge on any atom is -0.491 e. The molecule has 0 radical (unpaired) electrons. The van der Waals surface area contributed by atoms with Crippen molar-refractivity contribution in [2.45, 2.75) is 57.0 Å². The lowest BCUT2D eigenvalue weighted by atomic mass is 9.89. The summed E-state index contributed by atoms with van der Waals surface area (Å²) in [5.41, 5.74) is 1.45. The van der Waals surface area contributed by atoms with E-state index in [0.29, 0.717) is 37.4 Å². The first kappa shape index (κ1) is 29.0. The standard InChI is InChI=1S/C31H39ClN2O5/c1-4-10-22-17-25(32)12-13-26(22)23-20-34-16-9-7-5-6-8-15-33(2)29(35)19-31(37,30(36)38-3)24-11-14-28(39-21-23)27(34)18-24/h5-6,11-14,17-18,23,37H,4,7-10,15-16,19-21H2,1-3H3/b6-5+/t23?,31-/m0/s1. The van der Waals surface area contributed by atoms with Gasteiger partial charge in [0.2, 0.25) is 5.91 Å². The van der Waals surface area contributed by atoms with Crippen LogP contribution in [0.2, 0.25) is 5.02 Å². The molecule has 210 valence electrons. The lowest BCUT2D eigenvalue weighted by Gasteiger charge is -2.30. The Labute approximate surface area is 236 Å². The number of amides is 1. The van der Waals surface area contributed by atoms with E-state index in [1.807, 2.05) is 6.07 Å². The number of allylic oxidation sites excluding steroid dienone is 1. The molecule has 39 heavy (non-hydrogen) atoms. The summed E-state index contributed by atoms with van der Waals surface area (Å²) in [6, 6.07) is 11.3. The van der Waals surface area contributed by atoms with Crippen molar-refractivity contribution in [2.75, 3.05) is 45.3 Å². The normalized spacial score (nSPS) is 23.2. The fourth-order valence-electron chi connectivity index (χ4n) is 5.45. The minimum absolute atomic E-state index is 0.104. The molecule has 0 spiro atoms. The average Bonchev–Trinajstić information content (AvgIpc) is 3.10. The second-order valence-corrected chi connectivity index (χ2v) is 10.9. The van der Waals surface area contributed by atoms with Gasteiger partial charge in [0.1, 0.15) is 5.75 Å². The largest absolute Gasteiger partial charge is 0.491 e. The topological polar surface area (TPSA) is 79.3 Å². The third-order valence-electron chi connectivity index (χ3n) is 7.67. The van der Waals surface area contributed by atoms with Crippen molar-refractivity contribution in [3.05, 3.63) is 70.3 Å². The number of nitrogens with zero attached hydrogens (tertiary/aromatic N) is 2. The number of benzene rings is 2. The summed E-state index contributed by atoms with van der Waals surface area (Å²) in [6.07, 6.45) is 8.31. The number of rotatable bonds is 4. The van der Waals surface area contributed by atoms with Gasteiger partial charge in [0.15, 0.2) is 5.60 Å². The van der Waals surface area contributed by atoms with Crippen LogP contribution in [0.4, 0.5) is 5.69 Å². The Bertz CT molecular complexity index is 1220. The Hall–Kier alpha value is -3.03. The summed E-state index contributed by atoms with van der Waals surface area (Å²) >= 11 is 6.35. The lowest BCUT2D eigenvalue weighted by molar-refractivity contribution is -0.168. The summed E-state index contributed by atoms with van der Waals surface area (Å²) in [5, 5.41) is 12.4. The Morgan fingerprint density at radius 1 is 1.18 bits per heavy atom. The fraction of sp³-hybridized carbons (Fsp3) is 0.484. The van der Waals surface area contributed by atoms with Crippen molar-refractivity contribution in [3.8, 4) is 5.75 Å². The van der Waals surface area contributed by atoms with E-state index in [9.17, 15) is 14.7 Å². The molecule has 4 rings (SSSR count). The highest BCUT2D eigenvalue weighted by atomic mass is 35.5. The second-order valence-electron chi connectivity index (χ2n) is 10.5.